The summed E-state index contributed by atoms with van der Waals surface area (Å²) in [7, 11) is 0. The second-order valence-electron chi connectivity index (χ2n) is 2.51. The van der Waals surface area contributed by atoms with Crippen molar-refractivity contribution in [3.05, 3.63) is 4.91 Å². The van der Waals surface area contributed by atoms with Crippen molar-refractivity contribution in [3.8, 4) is 0 Å². The van der Waals surface area contributed by atoms with Gasteiger partial charge >= 0.3 is 5.91 Å². The van der Waals surface area contributed by atoms with Gasteiger partial charge in [-0.3, -0.25) is 0 Å². The molecule has 4 heteroatoms. The van der Waals surface area contributed by atoms with Crippen molar-refractivity contribution in [1.29, 1.82) is 0 Å². The molecule has 0 aromatic rings. The third-order valence-corrected chi connectivity index (χ3v) is 2.63. The van der Waals surface area contributed by atoms with Crippen LogP contribution in [0.3, 0.4) is 0 Å². The summed E-state index contributed by atoms with van der Waals surface area (Å²) in [5.74, 6) is -0.264. The van der Waals surface area contributed by atoms with E-state index in [-0.39, 0.29) is 15.7 Å². The SMILES string of the molecule is CC(I)C1CC[N+](=O)C1=O. The fourth-order valence-corrected chi connectivity index (χ4v) is 1.77. The monoisotopic (exact) mass is 254 g/mol. The van der Waals surface area contributed by atoms with Gasteiger partial charge in [0.15, 0.2) is 0 Å². The molecule has 0 aromatic heterocycles. The van der Waals surface area contributed by atoms with Gasteiger partial charge in [0.2, 0.25) is 6.54 Å². The van der Waals surface area contributed by atoms with Gasteiger partial charge in [0.05, 0.1) is 4.76 Å². The van der Waals surface area contributed by atoms with Crippen molar-refractivity contribution in [1.82, 2.24) is 0 Å². The number of nitroso groups, excluding NO2 is 1. The predicted octanol–water partition coefficient (Wildman–Crippen LogP) is 1.14. The maximum Gasteiger partial charge on any atom is 0.437 e. The van der Waals surface area contributed by atoms with E-state index in [0.29, 0.717) is 11.3 Å². The minimum atomic E-state index is -0.234. The summed E-state index contributed by atoms with van der Waals surface area (Å²) in [6, 6.07) is 0. The Hall–Kier alpha value is 0. The summed E-state index contributed by atoms with van der Waals surface area (Å²) >= 11 is 2.18. The second kappa shape index (κ2) is 2.94. The molecule has 2 unspecified atom stereocenters. The van der Waals surface area contributed by atoms with Gasteiger partial charge in [-0.15, -0.1) is 0 Å². The van der Waals surface area contributed by atoms with E-state index in [0.717, 1.165) is 6.42 Å². The molecule has 1 heterocycles. The molecule has 10 heavy (non-hydrogen) atoms. The summed E-state index contributed by atoms with van der Waals surface area (Å²) in [4.78, 5) is 21.6. The van der Waals surface area contributed by atoms with E-state index >= 15 is 0 Å². The van der Waals surface area contributed by atoms with Gasteiger partial charge < -0.3 is 0 Å². The van der Waals surface area contributed by atoms with Crippen LogP contribution in [0.1, 0.15) is 13.3 Å². The highest BCUT2D eigenvalue weighted by Crippen LogP contribution is 2.22. The number of amides is 1. The molecule has 0 saturated carbocycles. The minimum Gasteiger partial charge on any atom is -0.215 e. The van der Waals surface area contributed by atoms with Crippen LogP contribution in [-0.2, 0) is 4.79 Å². The molecule has 1 rings (SSSR count). The van der Waals surface area contributed by atoms with E-state index < -0.39 is 0 Å². The van der Waals surface area contributed by atoms with Crippen LogP contribution in [0.25, 0.3) is 0 Å². The van der Waals surface area contributed by atoms with Gasteiger partial charge in [-0.2, -0.15) is 0 Å². The molecule has 0 radical (unpaired) electrons. The van der Waals surface area contributed by atoms with Gasteiger partial charge in [0.25, 0.3) is 0 Å². The van der Waals surface area contributed by atoms with Crippen LogP contribution in [0.5, 0.6) is 0 Å². The zero-order chi connectivity index (χ0) is 7.72. The Morgan fingerprint density at radius 3 is 2.60 bits per heavy atom. The summed E-state index contributed by atoms with van der Waals surface area (Å²) in [6.45, 7) is 2.35. The highest BCUT2D eigenvalue weighted by molar-refractivity contribution is 14.1. The van der Waals surface area contributed by atoms with E-state index in [1.807, 2.05) is 6.92 Å². The second-order valence-corrected chi connectivity index (χ2v) is 4.48. The van der Waals surface area contributed by atoms with Gasteiger partial charge in [-0.05, 0) is 0 Å². The molecular weight excluding hydrogens is 245 g/mol. The number of carbonyl (C=O) groups excluding carboxylic acids is 1. The zero-order valence-corrected chi connectivity index (χ0v) is 7.87. The molecule has 1 amide bonds. The molecule has 0 bridgehead atoms. The molecule has 0 N–H and O–H groups in total. The number of halogens is 1. The topological polar surface area (TPSA) is 37.1 Å². The lowest BCUT2D eigenvalue weighted by Gasteiger charge is -2.01. The molecule has 2 atom stereocenters. The Morgan fingerprint density at radius 2 is 2.40 bits per heavy atom. The molecule has 56 valence electrons. The number of carbonyl (C=O) groups is 1. The highest BCUT2D eigenvalue weighted by atomic mass is 127. The highest BCUT2D eigenvalue weighted by Gasteiger charge is 2.42. The smallest absolute Gasteiger partial charge is 0.215 e. The van der Waals surface area contributed by atoms with Crippen molar-refractivity contribution in [2.24, 2.45) is 5.92 Å². The molecule has 1 fully saturated rings. The number of alkyl halides is 1. The van der Waals surface area contributed by atoms with Gasteiger partial charge in [-0.25, -0.2) is 4.79 Å². The minimum absolute atomic E-state index is 0.0295. The first kappa shape index (κ1) is 8.10. The Labute approximate surface area is 72.9 Å². The zero-order valence-electron chi connectivity index (χ0n) is 5.71. The van der Waals surface area contributed by atoms with Crippen LogP contribution in [0.15, 0.2) is 0 Å². The third kappa shape index (κ3) is 1.36. The van der Waals surface area contributed by atoms with Crippen LogP contribution < -0.4 is 0 Å². The number of hydrogen-bond donors (Lipinski definition) is 0. The fraction of sp³-hybridized carbons (Fsp3) is 0.833. The third-order valence-electron chi connectivity index (χ3n) is 1.76. The predicted molar refractivity (Wildman–Crippen MR) is 45.1 cm³/mol. The van der Waals surface area contributed by atoms with E-state index in [9.17, 15) is 9.70 Å². The standard InChI is InChI=1S/C6H9INO2/c1-4(7)5-2-3-8(10)6(5)9/h4-5H,2-3H2,1H3/q+1. The summed E-state index contributed by atoms with van der Waals surface area (Å²) in [5, 5.41) is 0. The normalized spacial score (nSPS) is 29.2. The number of nitrogens with zero attached hydrogens (tertiary/aromatic N) is 1. The van der Waals surface area contributed by atoms with E-state index in [2.05, 4.69) is 22.6 Å². The fourth-order valence-electron chi connectivity index (χ4n) is 1.10. The Balaban J connectivity index is 2.66. The summed E-state index contributed by atoms with van der Waals surface area (Å²) in [6.07, 6.45) is 0.729. The average molecular weight is 254 g/mol. The van der Waals surface area contributed by atoms with Crippen LogP contribution in [-0.4, -0.2) is 21.1 Å². The Bertz CT molecular complexity index is 179. The first-order valence-corrected chi connectivity index (χ1v) is 4.50. The van der Waals surface area contributed by atoms with Gasteiger partial charge in [-0.1, -0.05) is 29.5 Å². The van der Waals surface area contributed by atoms with E-state index in [1.54, 1.807) is 0 Å². The van der Waals surface area contributed by atoms with E-state index in [1.165, 1.54) is 0 Å². The van der Waals surface area contributed by atoms with Crippen molar-refractivity contribution < 1.29 is 9.55 Å². The summed E-state index contributed by atoms with van der Waals surface area (Å²) < 4.78 is 0.851. The first-order chi connectivity index (χ1) is 4.63. The summed E-state index contributed by atoms with van der Waals surface area (Å²) in [5.41, 5.74) is 0. The van der Waals surface area contributed by atoms with Crippen LogP contribution >= 0.6 is 22.6 Å². The van der Waals surface area contributed by atoms with Gasteiger partial charge in [0.1, 0.15) is 5.92 Å². The first-order valence-electron chi connectivity index (χ1n) is 3.25. The Morgan fingerprint density at radius 1 is 1.80 bits per heavy atom. The van der Waals surface area contributed by atoms with Crippen LogP contribution in [0, 0.1) is 10.8 Å². The molecular formula is C6H9INO2+. The lowest BCUT2D eigenvalue weighted by atomic mass is 10.1. The maximum absolute atomic E-state index is 11.0. The Kier molecular flexibility index (Phi) is 2.38. The van der Waals surface area contributed by atoms with Crippen LogP contribution in [0.4, 0.5) is 0 Å². The quantitative estimate of drug-likeness (QED) is 0.399. The lowest BCUT2D eigenvalue weighted by molar-refractivity contribution is -0.454. The van der Waals surface area contributed by atoms with Gasteiger partial charge in [0, 0.05) is 15.3 Å². The lowest BCUT2D eigenvalue weighted by Crippen LogP contribution is -2.20. The van der Waals surface area contributed by atoms with E-state index in [4.69, 9.17) is 0 Å². The average Bonchev–Trinajstić information content (AvgIpc) is 2.14. The molecule has 3 nitrogen and oxygen atoms in total. The van der Waals surface area contributed by atoms with Crippen molar-refractivity contribution in [2.75, 3.05) is 6.54 Å². The molecule has 1 saturated heterocycles. The number of rotatable bonds is 1. The maximum atomic E-state index is 11.0. The van der Waals surface area contributed by atoms with Crippen molar-refractivity contribution >= 4 is 28.5 Å². The molecule has 1 aliphatic heterocycles. The molecule has 1 aliphatic rings. The van der Waals surface area contributed by atoms with Crippen LogP contribution in [0.2, 0.25) is 0 Å². The molecule has 0 aromatic carbocycles. The number of hydrogen-bond acceptors (Lipinski definition) is 2. The molecule has 0 spiro atoms. The largest absolute Gasteiger partial charge is 0.437 e. The molecule has 0 aliphatic carbocycles. The van der Waals surface area contributed by atoms with Crippen molar-refractivity contribution in [2.45, 2.75) is 17.3 Å². The van der Waals surface area contributed by atoms with Crippen molar-refractivity contribution in [3.63, 3.8) is 0 Å².